The summed E-state index contributed by atoms with van der Waals surface area (Å²) in [7, 11) is 1.47. The van der Waals surface area contributed by atoms with E-state index in [-0.39, 0.29) is 11.9 Å². The third-order valence-corrected chi connectivity index (χ3v) is 2.95. The van der Waals surface area contributed by atoms with Crippen LogP contribution in [0.5, 0.6) is 5.75 Å². The molecule has 1 fully saturated rings. The largest absolute Gasteiger partial charge is 0.494 e. The van der Waals surface area contributed by atoms with Crippen molar-refractivity contribution in [3.05, 3.63) is 29.6 Å². The Morgan fingerprint density at radius 3 is 3.00 bits per heavy atom. The predicted molar refractivity (Wildman–Crippen MR) is 63.6 cm³/mol. The number of benzene rings is 1. The Kier molecular flexibility index (Phi) is 3.97. The molecule has 0 aromatic heterocycles. The molecular weight excluding hydrogens is 221 g/mol. The van der Waals surface area contributed by atoms with Crippen molar-refractivity contribution in [3.8, 4) is 5.75 Å². The molecule has 1 aromatic rings. The summed E-state index contributed by atoms with van der Waals surface area (Å²) in [5, 5.41) is 0. The summed E-state index contributed by atoms with van der Waals surface area (Å²) < 4.78 is 23.9. The van der Waals surface area contributed by atoms with Crippen molar-refractivity contribution in [3.63, 3.8) is 0 Å². The second kappa shape index (κ2) is 5.47. The van der Waals surface area contributed by atoms with E-state index in [1.54, 1.807) is 12.1 Å². The van der Waals surface area contributed by atoms with Crippen molar-refractivity contribution < 1.29 is 13.9 Å². The quantitative estimate of drug-likeness (QED) is 0.806. The third-order valence-electron chi connectivity index (χ3n) is 2.95. The maximum Gasteiger partial charge on any atom is 0.165 e. The van der Waals surface area contributed by atoms with Gasteiger partial charge in [0.25, 0.3) is 0 Å². The SMILES string of the molecule is COc1ccc(CN2CCO[C@H](C)C2)cc1F. The minimum Gasteiger partial charge on any atom is -0.494 e. The normalized spacial score (nSPS) is 21.5. The van der Waals surface area contributed by atoms with E-state index >= 15 is 0 Å². The average molecular weight is 239 g/mol. The maximum atomic E-state index is 13.5. The van der Waals surface area contributed by atoms with Gasteiger partial charge in [-0.3, -0.25) is 4.90 Å². The summed E-state index contributed by atoms with van der Waals surface area (Å²) in [5.41, 5.74) is 0.970. The van der Waals surface area contributed by atoms with Gasteiger partial charge in [0.15, 0.2) is 11.6 Å². The summed E-state index contributed by atoms with van der Waals surface area (Å²) in [5.74, 6) is -0.00426. The zero-order chi connectivity index (χ0) is 12.3. The van der Waals surface area contributed by atoms with Crippen molar-refractivity contribution in [2.45, 2.75) is 19.6 Å². The Bertz CT molecular complexity index is 384. The van der Waals surface area contributed by atoms with Crippen molar-refractivity contribution in [2.75, 3.05) is 26.8 Å². The maximum absolute atomic E-state index is 13.5. The van der Waals surface area contributed by atoms with Crippen molar-refractivity contribution in [2.24, 2.45) is 0 Å². The van der Waals surface area contributed by atoms with Gasteiger partial charge in [0.05, 0.1) is 19.8 Å². The second-order valence-corrected chi connectivity index (χ2v) is 4.39. The highest BCUT2D eigenvalue weighted by atomic mass is 19.1. The number of ether oxygens (including phenoxy) is 2. The molecule has 0 aliphatic carbocycles. The number of rotatable bonds is 3. The topological polar surface area (TPSA) is 21.7 Å². The van der Waals surface area contributed by atoms with Gasteiger partial charge in [0, 0.05) is 19.6 Å². The molecule has 1 atom stereocenters. The van der Waals surface area contributed by atoms with Crippen LogP contribution in [0.2, 0.25) is 0 Å². The molecule has 0 N–H and O–H groups in total. The number of halogens is 1. The summed E-state index contributed by atoms with van der Waals surface area (Å²) in [4.78, 5) is 2.27. The van der Waals surface area contributed by atoms with Crippen molar-refractivity contribution in [1.29, 1.82) is 0 Å². The van der Waals surface area contributed by atoms with Gasteiger partial charge in [0.1, 0.15) is 0 Å². The minimum atomic E-state index is -0.300. The van der Waals surface area contributed by atoms with E-state index in [0.717, 1.165) is 31.8 Å². The van der Waals surface area contributed by atoms with Crippen LogP contribution in [0.25, 0.3) is 0 Å². The van der Waals surface area contributed by atoms with Crippen LogP contribution in [0.15, 0.2) is 18.2 Å². The van der Waals surface area contributed by atoms with Crippen LogP contribution in [0.4, 0.5) is 4.39 Å². The van der Waals surface area contributed by atoms with E-state index in [1.807, 2.05) is 6.07 Å². The lowest BCUT2D eigenvalue weighted by Crippen LogP contribution is -2.40. The fraction of sp³-hybridized carbons (Fsp3) is 0.538. The standard InChI is InChI=1S/C13H18FNO2/c1-10-8-15(5-6-17-10)9-11-3-4-13(16-2)12(14)7-11/h3-4,7,10H,5-6,8-9H2,1-2H3/t10-/m1/s1. The highest BCUT2D eigenvalue weighted by Crippen LogP contribution is 2.19. The van der Waals surface area contributed by atoms with Gasteiger partial charge in [0.2, 0.25) is 0 Å². The molecule has 0 spiro atoms. The van der Waals surface area contributed by atoms with Crippen molar-refractivity contribution in [1.82, 2.24) is 4.90 Å². The van der Waals surface area contributed by atoms with Gasteiger partial charge in [-0.2, -0.15) is 0 Å². The fourth-order valence-corrected chi connectivity index (χ4v) is 2.10. The zero-order valence-electron chi connectivity index (χ0n) is 10.3. The molecule has 0 amide bonds. The molecule has 0 saturated carbocycles. The Labute approximate surface area is 101 Å². The van der Waals surface area contributed by atoms with Crippen LogP contribution >= 0.6 is 0 Å². The van der Waals surface area contributed by atoms with Gasteiger partial charge in [-0.1, -0.05) is 6.07 Å². The monoisotopic (exact) mass is 239 g/mol. The highest BCUT2D eigenvalue weighted by molar-refractivity contribution is 5.29. The van der Waals surface area contributed by atoms with E-state index < -0.39 is 0 Å². The molecule has 1 aliphatic rings. The fourth-order valence-electron chi connectivity index (χ4n) is 2.10. The molecule has 3 nitrogen and oxygen atoms in total. The Balaban J connectivity index is 2.00. The lowest BCUT2D eigenvalue weighted by molar-refractivity contribution is -0.0212. The lowest BCUT2D eigenvalue weighted by atomic mass is 10.2. The summed E-state index contributed by atoms with van der Waals surface area (Å²) in [6.45, 7) is 5.36. The van der Waals surface area contributed by atoms with Crippen LogP contribution in [-0.2, 0) is 11.3 Å². The summed E-state index contributed by atoms with van der Waals surface area (Å²) >= 11 is 0. The van der Waals surface area contributed by atoms with Crippen LogP contribution < -0.4 is 4.74 Å². The van der Waals surface area contributed by atoms with Crippen LogP contribution in [0.1, 0.15) is 12.5 Å². The molecule has 2 rings (SSSR count). The average Bonchev–Trinajstić information content (AvgIpc) is 2.29. The van der Waals surface area contributed by atoms with Crippen LogP contribution in [-0.4, -0.2) is 37.8 Å². The Morgan fingerprint density at radius 1 is 1.53 bits per heavy atom. The molecule has 1 saturated heterocycles. The number of hydrogen-bond acceptors (Lipinski definition) is 3. The first kappa shape index (κ1) is 12.3. The first-order valence-electron chi connectivity index (χ1n) is 5.85. The first-order chi connectivity index (χ1) is 8.19. The number of methoxy groups -OCH3 is 1. The molecular formula is C13H18FNO2. The molecule has 1 aromatic carbocycles. The van der Waals surface area contributed by atoms with E-state index in [2.05, 4.69) is 11.8 Å². The molecule has 1 aliphatic heterocycles. The van der Waals surface area contributed by atoms with E-state index in [9.17, 15) is 4.39 Å². The number of hydrogen-bond donors (Lipinski definition) is 0. The van der Waals surface area contributed by atoms with Gasteiger partial charge in [-0.05, 0) is 24.6 Å². The molecule has 17 heavy (non-hydrogen) atoms. The lowest BCUT2D eigenvalue weighted by Gasteiger charge is -2.31. The number of morpholine rings is 1. The van der Waals surface area contributed by atoms with E-state index in [1.165, 1.54) is 7.11 Å². The third kappa shape index (κ3) is 3.17. The molecule has 1 heterocycles. The zero-order valence-corrected chi connectivity index (χ0v) is 10.3. The second-order valence-electron chi connectivity index (χ2n) is 4.39. The molecule has 94 valence electrons. The van der Waals surface area contributed by atoms with Gasteiger partial charge >= 0.3 is 0 Å². The summed E-state index contributed by atoms with van der Waals surface area (Å²) in [6, 6.07) is 5.12. The van der Waals surface area contributed by atoms with E-state index in [4.69, 9.17) is 9.47 Å². The molecule has 0 unspecified atom stereocenters. The predicted octanol–water partition coefficient (Wildman–Crippen LogP) is 2.06. The smallest absolute Gasteiger partial charge is 0.165 e. The molecule has 0 bridgehead atoms. The highest BCUT2D eigenvalue weighted by Gasteiger charge is 2.17. The van der Waals surface area contributed by atoms with Gasteiger partial charge < -0.3 is 9.47 Å². The Morgan fingerprint density at radius 2 is 2.35 bits per heavy atom. The Hall–Kier alpha value is -1.13. The van der Waals surface area contributed by atoms with Gasteiger partial charge in [-0.25, -0.2) is 4.39 Å². The number of nitrogens with zero attached hydrogens (tertiary/aromatic N) is 1. The van der Waals surface area contributed by atoms with Crippen LogP contribution in [0.3, 0.4) is 0 Å². The first-order valence-corrected chi connectivity index (χ1v) is 5.85. The molecule has 0 radical (unpaired) electrons. The minimum absolute atomic E-state index is 0.256. The van der Waals surface area contributed by atoms with Crippen molar-refractivity contribution >= 4 is 0 Å². The van der Waals surface area contributed by atoms with E-state index in [0.29, 0.717) is 5.75 Å². The summed E-state index contributed by atoms with van der Waals surface area (Å²) in [6.07, 6.45) is 0.256. The van der Waals surface area contributed by atoms with Gasteiger partial charge in [-0.15, -0.1) is 0 Å². The van der Waals surface area contributed by atoms with Crippen LogP contribution in [0, 0.1) is 5.82 Å². The molecule has 4 heteroatoms.